The standard InChI is InChI=1S/C13H8N5S/c1-2-10-16-11-13(18(10)15-4-1)19-12-9-6-14-5-3-8(9)7-17(11)12/h1-6H,7H2/q+1. The van der Waals surface area contributed by atoms with Gasteiger partial charge in [-0.25, -0.2) is 4.57 Å². The molecule has 0 atom stereocenters. The van der Waals surface area contributed by atoms with E-state index in [4.69, 9.17) is 0 Å². The van der Waals surface area contributed by atoms with Crippen LogP contribution in [-0.2, 0) is 6.54 Å². The molecule has 5 heterocycles. The molecule has 0 amide bonds. The van der Waals surface area contributed by atoms with Crippen LogP contribution >= 0.6 is 11.3 Å². The molecular weight excluding hydrogens is 258 g/mol. The molecule has 0 saturated heterocycles. The van der Waals surface area contributed by atoms with Crippen molar-refractivity contribution in [1.82, 2.24) is 19.6 Å². The Hall–Kier alpha value is -2.34. The zero-order valence-corrected chi connectivity index (χ0v) is 10.6. The van der Waals surface area contributed by atoms with Gasteiger partial charge in [0.2, 0.25) is 4.83 Å². The summed E-state index contributed by atoms with van der Waals surface area (Å²) >= 11 is 1.73. The highest BCUT2D eigenvalue weighted by atomic mass is 32.1. The number of thiazole rings is 1. The molecule has 0 N–H and O–H groups in total. The molecule has 5 nitrogen and oxygen atoms in total. The van der Waals surface area contributed by atoms with Crippen LogP contribution in [0.1, 0.15) is 5.56 Å². The highest BCUT2D eigenvalue weighted by Crippen LogP contribution is 2.34. The lowest BCUT2D eigenvalue weighted by molar-refractivity contribution is -0.643. The molecule has 90 valence electrons. The van der Waals surface area contributed by atoms with Crippen LogP contribution in [0.5, 0.6) is 0 Å². The quantitative estimate of drug-likeness (QED) is 0.400. The van der Waals surface area contributed by atoms with Crippen LogP contribution in [0.4, 0.5) is 0 Å². The minimum absolute atomic E-state index is 0.872. The first-order valence-electron chi connectivity index (χ1n) is 6.01. The molecule has 0 spiro atoms. The third kappa shape index (κ3) is 1.09. The van der Waals surface area contributed by atoms with Gasteiger partial charge in [-0.15, -0.1) is 0 Å². The van der Waals surface area contributed by atoms with Crippen molar-refractivity contribution in [2.45, 2.75) is 6.54 Å². The molecular formula is C13H8N5S+. The molecule has 0 saturated carbocycles. The molecule has 19 heavy (non-hydrogen) atoms. The van der Waals surface area contributed by atoms with E-state index >= 15 is 0 Å². The number of rotatable bonds is 0. The highest BCUT2D eigenvalue weighted by Gasteiger charge is 2.32. The Morgan fingerprint density at radius 1 is 1.26 bits per heavy atom. The molecule has 4 aromatic rings. The van der Waals surface area contributed by atoms with Gasteiger partial charge in [-0.1, -0.05) is 11.3 Å². The molecule has 6 heteroatoms. The molecule has 0 aromatic carbocycles. The zero-order valence-electron chi connectivity index (χ0n) is 9.82. The Labute approximate surface area is 111 Å². The second-order valence-electron chi connectivity index (χ2n) is 4.56. The fraction of sp³-hybridized carbons (Fsp3) is 0.0769. The van der Waals surface area contributed by atoms with E-state index in [2.05, 4.69) is 25.7 Å². The number of aromatic nitrogens is 5. The molecule has 0 fully saturated rings. The van der Waals surface area contributed by atoms with E-state index in [0.717, 1.165) is 22.7 Å². The minimum atomic E-state index is 0.872. The van der Waals surface area contributed by atoms with Crippen molar-refractivity contribution >= 4 is 27.5 Å². The first-order chi connectivity index (χ1) is 9.42. The summed E-state index contributed by atoms with van der Waals surface area (Å²) in [5.74, 6) is 0. The van der Waals surface area contributed by atoms with E-state index in [1.54, 1.807) is 17.5 Å². The van der Waals surface area contributed by atoms with Crippen molar-refractivity contribution in [3.8, 4) is 10.6 Å². The van der Waals surface area contributed by atoms with E-state index in [0.29, 0.717) is 0 Å². The zero-order chi connectivity index (χ0) is 12.4. The van der Waals surface area contributed by atoms with Crippen LogP contribution < -0.4 is 4.57 Å². The molecule has 1 aliphatic heterocycles. The SMILES string of the molecule is c1cnn2c(c1)nc1c2sc2[n+]1Cc1ccncc1-2. The predicted molar refractivity (Wildman–Crippen MR) is 70.9 cm³/mol. The molecule has 0 aliphatic carbocycles. The summed E-state index contributed by atoms with van der Waals surface area (Å²) in [4.78, 5) is 10.0. The van der Waals surface area contributed by atoms with Gasteiger partial charge in [0.15, 0.2) is 5.01 Å². The van der Waals surface area contributed by atoms with Crippen LogP contribution in [-0.4, -0.2) is 19.6 Å². The summed E-state index contributed by atoms with van der Waals surface area (Å²) in [5.41, 5.74) is 4.44. The minimum Gasteiger partial charge on any atom is -0.264 e. The van der Waals surface area contributed by atoms with Gasteiger partial charge in [-0.3, -0.25) is 4.98 Å². The Morgan fingerprint density at radius 3 is 3.26 bits per heavy atom. The first-order valence-corrected chi connectivity index (χ1v) is 6.83. The lowest BCUT2D eigenvalue weighted by Gasteiger charge is -1.91. The van der Waals surface area contributed by atoms with E-state index in [9.17, 15) is 0 Å². The maximum atomic E-state index is 4.68. The second-order valence-corrected chi connectivity index (χ2v) is 5.54. The molecule has 4 aromatic heterocycles. The number of imidazole rings is 1. The molecule has 0 unspecified atom stereocenters. The van der Waals surface area contributed by atoms with E-state index < -0.39 is 0 Å². The fourth-order valence-electron chi connectivity index (χ4n) is 2.63. The van der Waals surface area contributed by atoms with Gasteiger partial charge >= 0.3 is 5.65 Å². The summed E-state index contributed by atoms with van der Waals surface area (Å²) in [6, 6.07) is 5.97. The Kier molecular flexibility index (Phi) is 1.59. The normalized spacial score (nSPS) is 13.1. The average Bonchev–Trinajstić information content (AvgIpc) is 3.07. The maximum Gasteiger partial charge on any atom is 0.363 e. The fourth-order valence-corrected chi connectivity index (χ4v) is 3.85. The topological polar surface area (TPSA) is 47.0 Å². The summed E-state index contributed by atoms with van der Waals surface area (Å²) in [5, 5.41) is 5.60. The third-order valence-electron chi connectivity index (χ3n) is 3.50. The van der Waals surface area contributed by atoms with Gasteiger partial charge in [0.05, 0.1) is 5.56 Å². The van der Waals surface area contributed by atoms with Gasteiger partial charge in [-0.2, -0.15) is 9.61 Å². The largest absolute Gasteiger partial charge is 0.363 e. The molecule has 1 aliphatic rings. The van der Waals surface area contributed by atoms with Crippen LogP contribution in [0.3, 0.4) is 0 Å². The summed E-state index contributed by atoms with van der Waals surface area (Å²) in [7, 11) is 0. The van der Waals surface area contributed by atoms with Crippen molar-refractivity contribution < 1.29 is 4.57 Å². The first kappa shape index (κ1) is 9.57. The highest BCUT2D eigenvalue weighted by molar-refractivity contribution is 7.20. The molecule has 0 radical (unpaired) electrons. The number of fused-ring (bicyclic) bond motifs is 7. The lowest BCUT2D eigenvalue weighted by atomic mass is 10.2. The van der Waals surface area contributed by atoms with E-state index in [1.165, 1.54) is 16.1 Å². The maximum absolute atomic E-state index is 4.68. The molecule has 5 rings (SSSR count). The van der Waals surface area contributed by atoms with Gasteiger partial charge in [0.1, 0.15) is 6.54 Å². The summed E-state index contributed by atoms with van der Waals surface area (Å²) < 4.78 is 4.16. The van der Waals surface area contributed by atoms with Crippen LogP contribution in [0.2, 0.25) is 0 Å². The lowest BCUT2D eigenvalue weighted by Crippen LogP contribution is -2.30. The Morgan fingerprint density at radius 2 is 2.26 bits per heavy atom. The summed E-state index contributed by atoms with van der Waals surface area (Å²) in [6.07, 6.45) is 5.57. The number of hydrogen-bond donors (Lipinski definition) is 0. The van der Waals surface area contributed by atoms with Crippen LogP contribution in [0, 0.1) is 0 Å². The molecule has 0 bridgehead atoms. The Bertz CT molecular complexity index is 952. The van der Waals surface area contributed by atoms with Crippen molar-refractivity contribution in [2.75, 3.05) is 0 Å². The Balaban J connectivity index is 1.93. The monoisotopic (exact) mass is 266 g/mol. The second kappa shape index (κ2) is 3.16. The van der Waals surface area contributed by atoms with Crippen molar-refractivity contribution in [1.29, 1.82) is 0 Å². The van der Waals surface area contributed by atoms with Crippen molar-refractivity contribution in [2.24, 2.45) is 0 Å². The average molecular weight is 266 g/mol. The number of nitrogens with zero attached hydrogens (tertiary/aromatic N) is 5. The van der Waals surface area contributed by atoms with Crippen LogP contribution in [0.25, 0.3) is 26.7 Å². The van der Waals surface area contributed by atoms with Crippen molar-refractivity contribution in [3.05, 3.63) is 42.4 Å². The number of hydrogen-bond acceptors (Lipinski definition) is 4. The van der Waals surface area contributed by atoms with E-state index in [1.807, 2.05) is 29.0 Å². The van der Waals surface area contributed by atoms with Gasteiger partial charge < -0.3 is 0 Å². The smallest absolute Gasteiger partial charge is 0.264 e. The van der Waals surface area contributed by atoms with Gasteiger partial charge in [0, 0.05) is 30.2 Å². The van der Waals surface area contributed by atoms with E-state index in [-0.39, 0.29) is 0 Å². The van der Waals surface area contributed by atoms with Crippen LogP contribution in [0.15, 0.2) is 36.8 Å². The predicted octanol–water partition coefficient (Wildman–Crippen LogP) is 1.66. The summed E-state index contributed by atoms with van der Waals surface area (Å²) in [6.45, 7) is 0.872. The third-order valence-corrected chi connectivity index (χ3v) is 4.68. The number of pyridine rings is 1. The van der Waals surface area contributed by atoms with Crippen molar-refractivity contribution in [3.63, 3.8) is 0 Å². The van der Waals surface area contributed by atoms with Gasteiger partial charge in [-0.05, 0) is 17.1 Å². The van der Waals surface area contributed by atoms with Gasteiger partial charge in [0.25, 0.3) is 5.65 Å².